The van der Waals surface area contributed by atoms with Crippen molar-refractivity contribution >= 4 is 5.91 Å². The molecule has 0 aliphatic rings. The first-order valence-electron chi connectivity index (χ1n) is 5.86. The third-order valence-electron chi connectivity index (χ3n) is 2.75. The second-order valence-corrected chi connectivity index (χ2v) is 4.64. The smallest absolute Gasteiger partial charge is 0.221 e. The van der Waals surface area contributed by atoms with Crippen LogP contribution in [0.2, 0.25) is 0 Å². The van der Waals surface area contributed by atoms with Crippen molar-refractivity contribution in [1.82, 2.24) is 5.32 Å². The molecule has 3 nitrogen and oxygen atoms in total. The molecule has 0 fully saturated rings. The Morgan fingerprint density at radius 1 is 1.33 bits per heavy atom. The molecule has 3 N–H and O–H groups in total. The molecule has 5 heteroatoms. The summed E-state index contributed by atoms with van der Waals surface area (Å²) in [5.41, 5.74) is 6.27. The summed E-state index contributed by atoms with van der Waals surface area (Å²) in [6, 6.07) is 3.34. The molecule has 1 atom stereocenters. The minimum atomic E-state index is -0.916. The lowest BCUT2D eigenvalue weighted by Gasteiger charge is -2.15. The normalized spacial score (nSPS) is 12.6. The molecule has 1 aromatic rings. The van der Waals surface area contributed by atoms with Crippen molar-refractivity contribution in [1.29, 1.82) is 0 Å². The molecule has 100 valence electrons. The van der Waals surface area contributed by atoms with Crippen LogP contribution in [-0.2, 0) is 11.3 Å². The van der Waals surface area contributed by atoms with E-state index in [4.69, 9.17) is 5.73 Å². The van der Waals surface area contributed by atoms with Gasteiger partial charge in [0.05, 0.1) is 0 Å². The first kappa shape index (κ1) is 14.6. The number of nitrogens with one attached hydrogen (secondary N) is 1. The van der Waals surface area contributed by atoms with Crippen LogP contribution in [0.3, 0.4) is 0 Å². The Morgan fingerprint density at radius 3 is 2.56 bits per heavy atom. The van der Waals surface area contributed by atoms with Crippen LogP contribution in [0.15, 0.2) is 18.2 Å². The van der Waals surface area contributed by atoms with Gasteiger partial charge in [0.1, 0.15) is 0 Å². The van der Waals surface area contributed by atoms with Gasteiger partial charge in [-0.25, -0.2) is 8.78 Å². The van der Waals surface area contributed by atoms with Crippen LogP contribution in [0.5, 0.6) is 0 Å². The average Bonchev–Trinajstić information content (AvgIpc) is 2.30. The van der Waals surface area contributed by atoms with Gasteiger partial charge < -0.3 is 11.1 Å². The molecular formula is C13H18F2N2O. The van der Waals surface area contributed by atoms with Gasteiger partial charge in [0, 0.05) is 19.0 Å². The summed E-state index contributed by atoms with van der Waals surface area (Å²) >= 11 is 0. The molecule has 0 aliphatic heterocycles. The highest BCUT2D eigenvalue weighted by molar-refractivity contribution is 5.76. The lowest BCUT2D eigenvalue weighted by Crippen LogP contribution is -2.34. The van der Waals surface area contributed by atoms with Crippen molar-refractivity contribution < 1.29 is 13.6 Å². The largest absolute Gasteiger partial charge is 0.352 e. The molecule has 18 heavy (non-hydrogen) atoms. The SMILES string of the molecule is CC(C)C(N)CC(=O)NCc1ccc(F)c(F)c1. The van der Waals surface area contributed by atoms with E-state index in [1.165, 1.54) is 6.07 Å². The summed E-state index contributed by atoms with van der Waals surface area (Å²) in [6.07, 6.45) is 0.224. The fraction of sp³-hybridized carbons (Fsp3) is 0.462. The number of nitrogens with two attached hydrogens (primary N) is 1. The fourth-order valence-corrected chi connectivity index (χ4v) is 1.37. The molecule has 0 spiro atoms. The maximum atomic E-state index is 12.9. The van der Waals surface area contributed by atoms with E-state index in [2.05, 4.69) is 5.32 Å². The summed E-state index contributed by atoms with van der Waals surface area (Å²) in [5, 5.41) is 2.62. The van der Waals surface area contributed by atoms with Crippen LogP contribution in [0, 0.1) is 17.6 Å². The van der Waals surface area contributed by atoms with E-state index in [9.17, 15) is 13.6 Å². The first-order valence-corrected chi connectivity index (χ1v) is 5.86. The molecule has 1 rings (SSSR count). The zero-order chi connectivity index (χ0) is 13.7. The highest BCUT2D eigenvalue weighted by Gasteiger charge is 2.12. The van der Waals surface area contributed by atoms with Crippen LogP contribution in [0.25, 0.3) is 0 Å². The van der Waals surface area contributed by atoms with E-state index >= 15 is 0 Å². The molecule has 1 unspecified atom stereocenters. The predicted molar refractivity (Wildman–Crippen MR) is 65.6 cm³/mol. The Labute approximate surface area is 105 Å². The molecule has 0 heterocycles. The van der Waals surface area contributed by atoms with Crippen molar-refractivity contribution in [3.8, 4) is 0 Å². The molecule has 0 radical (unpaired) electrons. The van der Waals surface area contributed by atoms with Crippen LogP contribution in [-0.4, -0.2) is 11.9 Å². The monoisotopic (exact) mass is 256 g/mol. The molecule has 0 bridgehead atoms. The van der Waals surface area contributed by atoms with Gasteiger partial charge in [-0.15, -0.1) is 0 Å². The third-order valence-corrected chi connectivity index (χ3v) is 2.75. The summed E-state index contributed by atoms with van der Waals surface area (Å²) in [5.74, 6) is -1.78. The second kappa shape index (κ2) is 6.44. The topological polar surface area (TPSA) is 55.1 Å². The van der Waals surface area contributed by atoms with Crippen LogP contribution < -0.4 is 11.1 Å². The zero-order valence-electron chi connectivity index (χ0n) is 10.5. The Balaban J connectivity index is 2.45. The lowest BCUT2D eigenvalue weighted by molar-refractivity contribution is -0.121. The van der Waals surface area contributed by atoms with Crippen molar-refractivity contribution in [2.45, 2.75) is 32.9 Å². The van der Waals surface area contributed by atoms with E-state index in [1.54, 1.807) is 0 Å². The van der Waals surface area contributed by atoms with Crippen molar-refractivity contribution in [3.05, 3.63) is 35.4 Å². The lowest BCUT2D eigenvalue weighted by atomic mass is 10.0. The van der Waals surface area contributed by atoms with Crippen LogP contribution in [0.4, 0.5) is 8.78 Å². The van der Waals surface area contributed by atoms with Gasteiger partial charge in [-0.1, -0.05) is 19.9 Å². The number of halogens is 2. The standard InChI is InChI=1S/C13H18F2N2O/c1-8(2)12(16)6-13(18)17-7-9-3-4-10(14)11(15)5-9/h3-5,8,12H,6-7,16H2,1-2H3,(H,17,18). The van der Waals surface area contributed by atoms with E-state index in [0.717, 1.165) is 12.1 Å². The number of benzene rings is 1. The molecule has 0 aliphatic carbocycles. The van der Waals surface area contributed by atoms with E-state index in [-0.39, 0.29) is 30.8 Å². The van der Waals surface area contributed by atoms with Crippen molar-refractivity contribution in [3.63, 3.8) is 0 Å². The Bertz CT molecular complexity index is 421. The minimum absolute atomic E-state index is 0.168. The zero-order valence-corrected chi connectivity index (χ0v) is 10.5. The quantitative estimate of drug-likeness (QED) is 0.846. The molecule has 0 saturated carbocycles. The summed E-state index contributed by atoms with van der Waals surface area (Å²) < 4.78 is 25.6. The molecule has 1 amide bonds. The second-order valence-electron chi connectivity index (χ2n) is 4.64. The van der Waals surface area contributed by atoms with Gasteiger partial charge >= 0.3 is 0 Å². The van der Waals surface area contributed by atoms with Gasteiger partial charge in [0.2, 0.25) is 5.91 Å². The minimum Gasteiger partial charge on any atom is -0.352 e. The van der Waals surface area contributed by atoms with Crippen LogP contribution >= 0.6 is 0 Å². The fourth-order valence-electron chi connectivity index (χ4n) is 1.37. The maximum absolute atomic E-state index is 12.9. The number of rotatable bonds is 5. The van der Waals surface area contributed by atoms with Gasteiger partial charge in [-0.05, 0) is 23.6 Å². The highest BCUT2D eigenvalue weighted by atomic mass is 19.2. The van der Waals surface area contributed by atoms with Gasteiger partial charge in [-0.2, -0.15) is 0 Å². The Morgan fingerprint density at radius 2 is 2.00 bits per heavy atom. The van der Waals surface area contributed by atoms with E-state index < -0.39 is 11.6 Å². The number of amides is 1. The summed E-state index contributed by atoms with van der Waals surface area (Å²) in [6.45, 7) is 4.04. The third kappa shape index (κ3) is 4.41. The number of carbonyl (C=O) groups is 1. The molecule has 1 aromatic carbocycles. The van der Waals surface area contributed by atoms with Gasteiger partial charge in [0.15, 0.2) is 11.6 Å². The molecule has 0 saturated heterocycles. The molecular weight excluding hydrogens is 238 g/mol. The van der Waals surface area contributed by atoms with Gasteiger partial charge in [-0.3, -0.25) is 4.79 Å². The van der Waals surface area contributed by atoms with E-state index in [1.807, 2.05) is 13.8 Å². The highest BCUT2D eigenvalue weighted by Crippen LogP contribution is 2.08. The Hall–Kier alpha value is -1.49. The Kier molecular flexibility index (Phi) is 5.22. The number of hydrogen-bond acceptors (Lipinski definition) is 2. The van der Waals surface area contributed by atoms with E-state index in [0.29, 0.717) is 5.56 Å². The first-order chi connectivity index (χ1) is 8.40. The van der Waals surface area contributed by atoms with Crippen molar-refractivity contribution in [2.75, 3.05) is 0 Å². The van der Waals surface area contributed by atoms with Gasteiger partial charge in [0.25, 0.3) is 0 Å². The summed E-state index contributed by atoms with van der Waals surface area (Å²) in [4.78, 5) is 11.5. The van der Waals surface area contributed by atoms with Crippen molar-refractivity contribution in [2.24, 2.45) is 11.7 Å². The maximum Gasteiger partial charge on any atom is 0.221 e. The average molecular weight is 256 g/mol. The van der Waals surface area contributed by atoms with Crippen LogP contribution in [0.1, 0.15) is 25.8 Å². The number of hydrogen-bond donors (Lipinski definition) is 2. The predicted octanol–water partition coefficient (Wildman–Crippen LogP) is 1.95. The number of carbonyl (C=O) groups excluding carboxylic acids is 1. The summed E-state index contributed by atoms with van der Waals surface area (Å²) in [7, 11) is 0. The molecule has 0 aromatic heterocycles.